The molecule has 0 aromatic heterocycles. The van der Waals surface area contributed by atoms with Crippen LogP contribution in [0.15, 0.2) is 57.3 Å². The number of hydrogen-bond donors (Lipinski definition) is 2. The third-order valence-corrected chi connectivity index (χ3v) is 8.66. The van der Waals surface area contributed by atoms with Gasteiger partial charge in [0, 0.05) is 35.1 Å². The average molecular weight is 633 g/mol. The van der Waals surface area contributed by atoms with Gasteiger partial charge in [-0.05, 0) is 76.3 Å². The molecule has 1 aliphatic heterocycles. The third kappa shape index (κ3) is 5.98. The lowest BCUT2D eigenvalue weighted by Gasteiger charge is -2.37. The molecule has 0 saturated carbocycles. The van der Waals surface area contributed by atoms with Crippen LogP contribution in [0.5, 0.6) is 23.0 Å². The summed E-state index contributed by atoms with van der Waals surface area (Å²) in [5, 5.41) is 13.8. The van der Waals surface area contributed by atoms with Gasteiger partial charge in [-0.1, -0.05) is 13.0 Å². The summed E-state index contributed by atoms with van der Waals surface area (Å²) in [5.74, 6) is 1.69. The minimum Gasteiger partial charge on any atom is -0.503 e. The van der Waals surface area contributed by atoms with E-state index in [0.717, 1.165) is 17.0 Å². The normalized spacial score (nSPS) is 18.7. The number of nitrogens with one attached hydrogen (secondary N) is 1. The zero-order valence-corrected chi connectivity index (χ0v) is 25.7. The van der Waals surface area contributed by atoms with Crippen LogP contribution in [-0.4, -0.2) is 56.3 Å². The fourth-order valence-corrected chi connectivity index (χ4v) is 6.27. The maximum absolute atomic E-state index is 13.9. The number of phenolic OH excluding ortho intramolecular Hbond substituents is 1. The molecule has 2 unspecified atom stereocenters. The molecule has 10 heteroatoms. The van der Waals surface area contributed by atoms with Gasteiger partial charge in [0.15, 0.2) is 28.8 Å². The SMILES string of the molecule is CCSCCOC(=O)C1=C(C)NC2=C(C(=O)CC(c3ccc(OC)c(OC)c3)C2)C1c1cc(Br)c(O)c(OC)c1. The molecule has 0 amide bonds. The van der Waals surface area contributed by atoms with Crippen molar-refractivity contribution in [2.24, 2.45) is 0 Å². The number of carbonyl (C=O) groups excluding carboxylic acids is 2. The fourth-order valence-electron chi connectivity index (χ4n) is 5.32. The van der Waals surface area contributed by atoms with E-state index in [9.17, 15) is 14.7 Å². The smallest absolute Gasteiger partial charge is 0.336 e. The van der Waals surface area contributed by atoms with Crippen LogP contribution < -0.4 is 19.5 Å². The minimum atomic E-state index is -0.688. The number of esters is 1. The van der Waals surface area contributed by atoms with Crippen molar-refractivity contribution < 1.29 is 33.6 Å². The van der Waals surface area contributed by atoms with Gasteiger partial charge in [-0.25, -0.2) is 4.79 Å². The zero-order valence-electron chi connectivity index (χ0n) is 23.3. The molecule has 2 aliphatic rings. The molecule has 0 fully saturated rings. The fraction of sp³-hybridized carbons (Fsp3) is 0.400. The largest absolute Gasteiger partial charge is 0.503 e. The summed E-state index contributed by atoms with van der Waals surface area (Å²) in [6, 6.07) is 9.09. The molecule has 2 N–H and O–H groups in total. The van der Waals surface area contributed by atoms with Crippen LogP contribution in [0, 0.1) is 0 Å². The summed E-state index contributed by atoms with van der Waals surface area (Å²) >= 11 is 5.09. The Balaban J connectivity index is 1.78. The molecule has 2 aromatic rings. The van der Waals surface area contributed by atoms with Gasteiger partial charge in [0.2, 0.25) is 0 Å². The van der Waals surface area contributed by atoms with Gasteiger partial charge < -0.3 is 29.4 Å². The van der Waals surface area contributed by atoms with E-state index in [1.54, 1.807) is 38.1 Å². The van der Waals surface area contributed by atoms with E-state index in [1.165, 1.54) is 7.11 Å². The molecule has 0 bridgehead atoms. The molecule has 0 spiro atoms. The molecule has 214 valence electrons. The van der Waals surface area contributed by atoms with E-state index in [0.29, 0.717) is 50.6 Å². The van der Waals surface area contributed by atoms with Gasteiger partial charge in [0.05, 0.1) is 31.4 Å². The highest BCUT2D eigenvalue weighted by molar-refractivity contribution is 9.10. The average Bonchev–Trinajstić information content (AvgIpc) is 2.95. The second-order valence-electron chi connectivity index (χ2n) is 9.52. The van der Waals surface area contributed by atoms with Gasteiger partial charge in [-0.3, -0.25) is 4.79 Å². The molecule has 8 nitrogen and oxygen atoms in total. The van der Waals surface area contributed by atoms with E-state index < -0.39 is 11.9 Å². The van der Waals surface area contributed by atoms with Gasteiger partial charge in [-0.2, -0.15) is 11.8 Å². The molecule has 4 rings (SSSR count). The summed E-state index contributed by atoms with van der Waals surface area (Å²) in [6.45, 7) is 4.14. The minimum absolute atomic E-state index is 0.0562. The van der Waals surface area contributed by atoms with Crippen molar-refractivity contribution >= 4 is 39.4 Å². The number of hydrogen-bond acceptors (Lipinski definition) is 9. The van der Waals surface area contributed by atoms with E-state index in [2.05, 4.69) is 21.2 Å². The van der Waals surface area contributed by atoms with Crippen molar-refractivity contribution in [1.82, 2.24) is 5.32 Å². The second kappa shape index (κ2) is 13.0. The summed E-state index contributed by atoms with van der Waals surface area (Å²) in [7, 11) is 4.63. The molecule has 1 heterocycles. The van der Waals surface area contributed by atoms with Crippen LogP contribution in [0.2, 0.25) is 0 Å². The molecule has 0 saturated heterocycles. The van der Waals surface area contributed by atoms with Crippen molar-refractivity contribution in [3.63, 3.8) is 0 Å². The van der Waals surface area contributed by atoms with Crippen molar-refractivity contribution in [1.29, 1.82) is 0 Å². The van der Waals surface area contributed by atoms with Gasteiger partial charge >= 0.3 is 5.97 Å². The Morgan fingerprint density at radius 1 is 1.05 bits per heavy atom. The Morgan fingerprint density at radius 3 is 2.42 bits per heavy atom. The zero-order chi connectivity index (χ0) is 29.0. The van der Waals surface area contributed by atoms with Gasteiger partial charge in [-0.15, -0.1) is 0 Å². The lowest BCUT2D eigenvalue weighted by molar-refractivity contribution is -0.138. The number of benzene rings is 2. The Morgan fingerprint density at radius 2 is 1.75 bits per heavy atom. The quantitative estimate of drug-likeness (QED) is 0.247. The first-order valence-electron chi connectivity index (χ1n) is 13.0. The maximum Gasteiger partial charge on any atom is 0.336 e. The van der Waals surface area contributed by atoms with E-state index in [4.69, 9.17) is 18.9 Å². The Hall–Kier alpha value is -3.11. The number of ether oxygens (including phenoxy) is 4. The highest BCUT2D eigenvalue weighted by atomic mass is 79.9. The number of rotatable bonds is 10. The molecule has 1 aliphatic carbocycles. The van der Waals surface area contributed by atoms with Crippen LogP contribution in [0.3, 0.4) is 0 Å². The van der Waals surface area contributed by atoms with Crippen molar-refractivity contribution in [2.75, 3.05) is 39.4 Å². The van der Waals surface area contributed by atoms with E-state index in [1.807, 2.05) is 32.0 Å². The molecular weight excluding hydrogens is 598 g/mol. The molecule has 2 atom stereocenters. The number of aromatic hydroxyl groups is 1. The van der Waals surface area contributed by atoms with Crippen molar-refractivity contribution in [2.45, 2.75) is 38.5 Å². The summed E-state index contributed by atoms with van der Waals surface area (Å²) in [5.41, 5.74) is 3.89. The Labute approximate surface area is 247 Å². The Bertz CT molecular complexity index is 1370. The lowest BCUT2D eigenvalue weighted by atomic mass is 9.71. The van der Waals surface area contributed by atoms with Crippen LogP contribution in [0.4, 0.5) is 0 Å². The van der Waals surface area contributed by atoms with Gasteiger partial charge in [0.1, 0.15) is 6.61 Å². The number of carbonyl (C=O) groups is 2. The second-order valence-corrected chi connectivity index (χ2v) is 11.8. The standard InChI is InChI=1S/C30H34BrNO7S/c1-6-40-10-9-39-30(35)26-16(2)32-21-12-18(17-7-8-23(36-3)24(14-17)37-4)13-22(33)28(21)27(26)19-11-20(31)29(34)25(15-19)38-5/h7-8,11,14-15,18,27,32,34H,6,9-10,12-13H2,1-5H3. The number of halogens is 1. The topological polar surface area (TPSA) is 103 Å². The number of dihydropyridines is 1. The number of thioether (sulfide) groups is 1. The predicted octanol–water partition coefficient (Wildman–Crippen LogP) is 5.84. The molecular formula is C30H34BrNO7S. The first-order chi connectivity index (χ1) is 19.2. The van der Waals surface area contributed by atoms with Gasteiger partial charge in [0.25, 0.3) is 0 Å². The summed E-state index contributed by atoms with van der Waals surface area (Å²) in [4.78, 5) is 27.4. The molecule has 0 radical (unpaired) electrons. The maximum atomic E-state index is 13.9. The first kappa shape index (κ1) is 29.9. The summed E-state index contributed by atoms with van der Waals surface area (Å²) in [6.07, 6.45) is 0.827. The van der Waals surface area contributed by atoms with Crippen LogP contribution >= 0.6 is 27.7 Å². The van der Waals surface area contributed by atoms with Crippen LogP contribution in [0.1, 0.15) is 49.7 Å². The lowest BCUT2D eigenvalue weighted by Crippen LogP contribution is -2.36. The van der Waals surface area contributed by atoms with E-state index >= 15 is 0 Å². The van der Waals surface area contributed by atoms with Crippen LogP contribution in [0.25, 0.3) is 0 Å². The Kier molecular flexibility index (Phi) is 9.73. The highest BCUT2D eigenvalue weighted by Crippen LogP contribution is 2.48. The molecule has 2 aromatic carbocycles. The van der Waals surface area contributed by atoms with E-state index in [-0.39, 0.29) is 36.2 Å². The number of phenols is 1. The number of methoxy groups -OCH3 is 3. The highest BCUT2D eigenvalue weighted by Gasteiger charge is 2.42. The monoisotopic (exact) mass is 631 g/mol. The van der Waals surface area contributed by atoms with Crippen molar-refractivity contribution in [3.05, 3.63) is 68.5 Å². The number of ketones is 1. The first-order valence-corrected chi connectivity index (χ1v) is 15.0. The van der Waals surface area contributed by atoms with Crippen LogP contribution in [-0.2, 0) is 14.3 Å². The predicted molar refractivity (Wildman–Crippen MR) is 158 cm³/mol. The molecule has 40 heavy (non-hydrogen) atoms. The third-order valence-electron chi connectivity index (χ3n) is 7.20. The number of Topliss-reactive ketones (excluding diaryl/α,β-unsaturated/α-hetero) is 1. The number of allylic oxidation sites excluding steroid dienone is 3. The summed E-state index contributed by atoms with van der Waals surface area (Å²) < 4.78 is 22.3. The van der Waals surface area contributed by atoms with Crippen molar-refractivity contribution in [3.8, 4) is 23.0 Å².